The lowest BCUT2D eigenvalue weighted by atomic mass is 10.1. The maximum atomic E-state index is 11.3. The average molecular weight is 247 g/mol. The summed E-state index contributed by atoms with van der Waals surface area (Å²) in [6.45, 7) is 0. The summed E-state index contributed by atoms with van der Waals surface area (Å²) in [6.07, 6.45) is 0. The van der Waals surface area contributed by atoms with Crippen LogP contribution < -0.4 is 10.9 Å². The van der Waals surface area contributed by atoms with Crippen LogP contribution in [0.15, 0.2) is 34.0 Å². The maximum absolute atomic E-state index is 11.3. The molecule has 2 heterocycles. The first-order valence-corrected chi connectivity index (χ1v) is 6.06. The second-order valence-electron chi connectivity index (χ2n) is 3.72. The van der Waals surface area contributed by atoms with Crippen LogP contribution in [-0.2, 0) is 4.79 Å². The molecule has 0 saturated heterocycles. The third-order valence-corrected chi connectivity index (χ3v) is 3.59. The van der Waals surface area contributed by atoms with Crippen molar-refractivity contribution in [2.45, 2.75) is 4.90 Å². The number of hydrogen-bond acceptors (Lipinski definition) is 3. The van der Waals surface area contributed by atoms with Crippen molar-refractivity contribution >= 4 is 23.4 Å². The van der Waals surface area contributed by atoms with E-state index < -0.39 is 0 Å². The highest BCUT2D eigenvalue weighted by Crippen LogP contribution is 2.34. The number of thioether (sulfide) groups is 1. The molecular formula is C11H9N3O2S. The van der Waals surface area contributed by atoms with Crippen molar-refractivity contribution in [1.82, 2.24) is 10.2 Å². The summed E-state index contributed by atoms with van der Waals surface area (Å²) >= 11 is 1.51. The third kappa shape index (κ3) is 1.87. The number of rotatable bonds is 1. The van der Waals surface area contributed by atoms with Gasteiger partial charge in [0.25, 0.3) is 5.56 Å². The first kappa shape index (κ1) is 10.2. The fourth-order valence-electron chi connectivity index (χ4n) is 1.74. The maximum Gasteiger partial charge on any atom is 0.264 e. The molecule has 3 rings (SSSR count). The van der Waals surface area contributed by atoms with Gasteiger partial charge < -0.3 is 5.32 Å². The van der Waals surface area contributed by atoms with Gasteiger partial charge in [-0.25, -0.2) is 0 Å². The summed E-state index contributed by atoms with van der Waals surface area (Å²) in [5, 5.41) is 8.08. The number of carbonyl (C=O) groups excluding carboxylic acids is 1. The van der Waals surface area contributed by atoms with E-state index in [-0.39, 0.29) is 11.5 Å². The molecular weight excluding hydrogens is 238 g/mol. The molecule has 1 amide bonds. The summed E-state index contributed by atoms with van der Waals surface area (Å²) in [5.41, 5.74) is 2.20. The normalized spacial score (nSPS) is 14.2. The highest BCUT2D eigenvalue weighted by atomic mass is 32.2. The van der Waals surface area contributed by atoms with Crippen LogP contribution >= 0.6 is 11.8 Å². The zero-order valence-electron chi connectivity index (χ0n) is 8.74. The molecule has 0 unspecified atom stereocenters. The lowest BCUT2D eigenvalue weighted by Crippen LogP contribution is -2.18. The molecule has 0 radical (unpaired) electrons. The van der Waals surface area contributed by atoms with Gasteiger partial charge in [0.05, 0.1) is 17.1 Å². The standard InChI is InChI=1S/C11H9N3O2S/c15-10-4-7(13-14-10)6-1-2-9-8(3-6)12-11(16)5-17-9/h1-4H,5H2,(H,12,16)(H2,13,14,15). The van der Waals surface area contributed by atoms with Gasteiger partial charge in [-0.15, -0.1) is 11.8 Å². The molecule has 0 bridgehead atoms. The molecule has 3 N–H and O–H groups in total. The molecule has 1 aliphatic rings. The van der Waals surface area contributed by atoms with E-state index in [0.29, 0.717) is 11.4 Å². The Kier molecular flexibility index (Phi) is 2.29. The number of benzene rings is 1. The Morgan fingerprint density at radius 2 is 2.00 bits per heavy atom. The molecule has 1 aliphatic heterocycles. The second kappa shape index (κ2) is 3.81. The van der Waals surface area contributed by atoms with E-state index in [0.717, 1.165) is 16.1 Å². The fraction of sp³-hybridized carbons (Fsp3) is 0.0909. The highest BCUT2D eigenvalue weighted by Gasteiger charge is 2.15. The largest absolute Gasteiger partial charge is 0.324 e. The quantitative estimate of drug-likeness (QED) is 0.713. The van der Waals surface area contributed by atoms with Crippen LogP contribution in [0, 0.1) is 0 Å². The van der Waals surface area contributed by atoms with Crippen LogP contribution in [0.3, 0.4) is 0 Å². The average Bonchev–Trinajstić information content (AvgIpc) is 2.75. The Hall–Kier alpha value is -1.95. The first-order chi connectivity index (χ1) is 8.22. The van der Waals surface area contributed by atoms with Crippen LogP contribution in [0.1, 0.15) is 0 Å². The third-order valence-electron chi connectivity index (χ3n) is 2.52. The highest BCUT2D eigenvalue weighted by molar-refractivity contribution is 8.00. The van der Waals surface area contributed by atoms with E-state index in [4.69, 9.17) is 0 Å². The molecule has 0 spiro atoms. The molecule has 1 aromatic carbocycles. The van der Waals surface area contributed by atoms with Crippen LogP contribution in [0.25, 0.3) is 11.3 Å². The smallest absolute Gasteiger partial charge is 0.264 e. The van der Waals surface area contributed by atoms with Gasteiger partial charge >= 0.3 is 0 Å². The first-order valence-electron chi connectivity index (χ1n) is 5.07. The predicted octanol–water partition coefficient (Wildman–Crippen LogP) is 1.41. The molecule has 17 heavy (non-hydrogen) atoms. The summed E-state index contributed by atoms with van der Waals surface area (Å²) < 4.78 is 0. The zero-order chi connectivity index (χ0) is 11.8. The van der Waals surface area contributed by atoms with Crippen molar-refractivity contribution < 1.29 is 4.79 Å². The molecule has 0 fully saturated rings. The number of amides is 1. The van der Waals surface area contributed by atoms with Crippen molar-refractivity contribution in [3.63, 3.8) is 0 Å². The number of aromatic nitrogens is 2. The zero-order valence-corrected chi connectivity index (χ0v) is 9.56. The number of fused-ring (bicyclic) bond motifs is 1. The van der Waals surface area contributed by atoms with Gasteiger partial charge in [-0.3, -0.25) is 19.8 Å². The van der Waals surface area contributed by atoms with Gasteiger partial charge in [0.2, 0.25) is 5.91 Å². The van der Waals surface area contributed by atoms with E-state index in [9.17, 15) is 9.59 Å². The Balaban J connectivity index is 2.06. The lowest BCUT2D eigenvalue weighted by Gasteiger charge is -2.16. The van der Waals surface area contributed by atoms with E-state index in [1.54, 1.807) is 0 Å². The Morgan fingerprint density at radius 1 is 1.12 bits per heavy atom. The van der Waals surface area contributed by atoms with E-state index >= 15 is 0 Å². The number of carbonyl (C=O) groups is 1. The van der Waals surface area contributed by atoms with E-state index in [2.05, 4.69) is 15.5 Å². The van der Waals surface area contributed by atoms with Crippen molar-refractivity contribution in [3.8, 4) is 11.3 Å². The molecule has 86 valence electrons. The lowest BCUT2D eigenvalue weighted by molar-refractivity contribution is -0.113. The van der Waals surface area contributed by atoms with Crippen LogP contribution in [-0.4, -0.2) is 21.9 Å². The van der Waals surface area contributed by atoms with Gasteiger partial charge in [0.1, 0.15) is 0 Å². The minimum absolute atomic E-state index is 0.00205. The summed E-state index contributed by atoms with van der Waals surface area (Å²) in [4.78, 5) is 23.4. The van der Waals surface area contributed by atoms with Crippen LogP contribution in [0.4, 0.5) is 5.69 Å². The van der Waals surface area contributed by atoms with Gasteiger partial charge in [0.15, 0.2) is 0 Å². The molecule has 5 nitrogen and oxygen atoms in total. The number of H-pyrrole nitrogens is 2. The second-order valence-corrected chi connectivity index (χ2v) is 4.74. The van der Waals surface area contributed by atoms with Gasteiger partial charge in [-0.05, 0) is 12.1 Å². The van der Waals surface area contributed by atoms with Gasteiger partial charge in [-0.1, -0.05) is 6.07 Å². The van der Waals surface area contributed by atoms with E-state index in [1.807, 2.05) is 18.2 Å². The summed E-state index contributed by atoms with van der Waals surface area (Å²) in [6, 6.07) is 7.21. The van der Waals surface area contributed by atoms with Crippen molar-refractivity contribution in [2.75, 3.05) is 11.1 Å². The SMILES string of the molecule is O=C1CSc2ccc(-c3cc(=O)[nH][nH]3)cc2N1. The fourth-order valence-corrected chi connectivity index (χ4v) is 2.53. The molecule has 0 atom stereocenters. The van der Waals surface area contributed by atoms with Crippen LogP contribution in [0.5, 0.6) is 0 Å². The van der Waals surface area contributed by atoms with Gasteiger partial charge in [-0.2, -0.15) is 0 Å². The molecule has 1 aromatic heterocycles. The van der Waals surface area contributed by atoms with Crippen molar-refractivity contribution in [2.24, 2.45) is 0 Å². The Bertz CT molecular complexity index is 644. The number of anilines is 1. The Morgan fingerprint density at radius 3 is 2.76 bits per heavy atom. The topological polar surface area (TPSA) is 77.8 Å². The monoisotopic (exact) mass is 247 g/mol. The molecule has 0 aliphatic carbocycles. The Labute approximate surface area is 101 Å². The number of aromatic amines is 2. The molecule has 0 saturated carbocycles. The van der Waals surface area contributed by atoms with Crippen molar-refractivity contribution in [1.29, 1.82) is 0 Å². The van der Waals surface area contributed by atoms with Gasteiger partial charge in [0, 0.05) is 16.5 Å². The van der Waals surface area contributed by atoms with E-state index in [1.165, 1.54) is 17.8 Å². The summed E-state index contributed by atoms with van der Waals surface area (Å²) in [5.74, 6) is 0.454. The van der Waals surface area contributed by atoms with Crippen molar-refractivity contribution in [3.05, 3.63) is 34.6 Å². The predicted molar refractivity (Wildman–Crippen MR) is 66.2 cm³/mol. The minimum atomic E-state index is -0.170. The molecule has 6 heteroatoms. The summed E-state index contributed by atoms with van der Waals surface area (Å²) in [7, 11) is 0. The molecule has 2 aromatic rings. The van der Waals surface area contributed by atoms with Crippen LogP contribution in [0.2, 0.25) is 0 Å². The minimum Gasteiger partial charge on any atom is -0.324 e. The number of nitrogens with one attached hydrogen (secondary N) is 3. The number of hydrogen-bond donors (Lipinski definition) is 3.